The van der Waals surface area contributed by atoms with Crippen LogP contribution in [0, 0.1) is 0 Å². The van der Waals surface area contributed by atoms with Crippen molar-refractivity contribution in [3.63, 3.8) is 0 Å². The van der Waals surface area contributed by atoms with E-state index in [1.807, 2.05) is 0 Å². The fraction of sp³-hybridized carbons (Fsp3) is 0.200. The number of carbonyl (C=O) groups is 3. The van der Waals surface area contributed by atoms with Crippen LogP contribution in [-0.2, 0) is 14.3 Å². The second-order valence-electron chi connectivity index (χ2n) is 4.71. The van der Waals surface area contributed by atoms with E-state index in [4.69, 9.17) is 9.15 Å². The van der Waals surface area contributed by atoms with Crippen LogP contribution in [0.1, 0.15) is 10.6 Å². The molecule has 23 heavy (non-hydrogen) atoms. The first-order valence-electron chi connectivity index (χ1n) is 6.73. The van der Waals surface area contributed by atoms with Gasteiger partial charge in [-0.3, -0.25) is 9.59 Å². The molecule has 8 nitrogen and oxygen atoms in total. The van der Waals surface area contributed by atoms with E-state index in [1.54, 1.807) is 24.3 Å². The SMILES string of the molecule is O=C(OCC(=O)N1CCOC1=O)c1cc(=O)c2ccccc2o1. The number of fused-ring (bicyclic) bond motifs is 1. The number of carbonyl (C=O) groups excluding carboxylic acids is 3. The molecule has 0 atom stereocenters. The average molecular weight is 317 g/mol. The predicted octanol–water partition coefficient (Wildman–Crippen LogP) is 0.929. The number of ether oxygens (including phenoxy) is 2. The molecule has 0 spiro atoms. The van der Waals surface area contributed by atoms with Crippen molar-refractivity contribution in [3.8, 4) is 0 Å². The Kier molecular flexibility index (Phi) is 3.80. The number of imide groups is 1. The monoisotopic (exact) mass is 317 g/mol. The molecule has 0 N–H and O–H groups in total. The highest BCUT2D eigenvalue weighted by Gasteiger charge is 2.29. The lowest BCUT2D eigenvalue weighted by molar-refractivity contribution is -0.131. The predicted molar refractivity (Wildman–Crippen MR) is 75.8 cm³/mol. The first kappa shape index (κ1) is 14.8. The van der Waals surface area contributed by atoms with Crippen LogP contribution in [0.15, 0.2) is 39.5 Å². The van der Waals surface area contributed by atoms with E-state index in [9.17, 15) is 19.2 Å². The second kappa shape index (κ2) is 5.91. The molecule has 1 aliphatic rings. The van der Waals surface area contributed by atoms with E-state index in [-0.39, 0.29) is 24.5 Å². The number of esters is 1. The maximum atomic E-state index is 11.9. The van der Waals surface area contributed by atoms with Crippen LogP contribution >= 0.6 is 0 Å². The molecule has 3 rings (SSSR count). The molecule has 1 aliphatic heterocycles. The molecule has 1 fully saturated rings. The largest absolute Gasteiger partial charge is 0.450 e. The summed E-state index contributed by atoms with van der Waals surface area (Å²) in [6.45, 7) is -0.428. The first-order chi connectivity index (χ1) is 11.1. The van der Waals surface area contributed by atoms with Gasteiger partial charge in [0.05, 0.1) is 11.9 Å². The highest BCUT2D eigenvalue weighted by molar-refractivity contribution is 5.95. The summed E-state index contributed by atoms with van der Waals surface area (Å²) in [6.07, 6.45) is -0.775. The van der Waals surface area contributed by atoms with Crippen molar-refractivity contribution in [1.82, 2.24) is 4.90 Å². The van der Waals surface area contributed by atoms with Gasteiger partial charge in [0.2, 0.25) is 5.76 Å². The standard InChI is InChI=1S/C15H11NO7/c17-10-7-12(23-11-4-2-1-3-9(10)11)14(19)22-8-13(18)16-5-6-21-15(16)20/h1-4,7H,5-6,8H2. The van der Waals surface area contributed by atoms with Crippen molar-refractivity contribution in [3.05, 3.63) is 46.3 Å². The summed E-state index contributed by atoms with van der Waals surface area (Å²) in [5.74, 6) is -1.98. The van der Waals surface area contributed by atoms with Crippen molar-refractivity contribution in [2.24, 2.45) is 0 Å². The number of hydrogen-bond acceptors (Lipinski definition) is 7. The summed E-state index contributed by atoms with van der Waals surface area (Å²) in [5.41, 5.74) is -0.158. The van der Waals surface area contributed by atoms with E-state index >= 15 is 0 Å². The highest BCUT2D eigenvalue weighted by Crippen LogP contribution is 2.12. The van der Waals surface area contributed by atoms with Crippen LogP contribution in [0.2, 0.25) is 0 Å². The van der Waals surface area contributed by atoms with Gasteiger partial charge in [0.1, 0.15) is 12.2 Å². The summed E-state index contributed by atoms with van der Waals surface area (Å²) in [6, 6.07) is 7.44. The number of cyclic esters (lactones) is 1. The highest BCUT2D eigenvalue weighted by atomic mass is 16.6. The van der Waals surface area contributed by atoms with Crippen LogP contribution in [0.4, 0.5) is 4.79 Å². The van der Waals surface area contributed by atoms with E-state index in [1.165, 1.54) is 0 Å². The zero-order valence-corrected chi connectivity index (χ0v) is 11.8. The summed E-state index contributed by atoms with van der Waals surface area (Å²) in [5, 5.41) is 0.333. The average Bonchev–Trinajstić information content (AvgIpc) is 2.98. The van der Waals surface area contributed by atoms with Gasteiger partial charge in [-0.25, -0.2) is 14.5 Å². The molecule has 0 unspecified atom stereocenters. The molecule has 118 valence electrons. The van der Waals surface area contributed by atoms with Crippen LogP contribution in [0.3, 0.4) is 0 Å². The van der Waals surface area contributed by atoms with E-state index in [0.29, 0.717) is 5.39 Å². The van der Waals surface area contributed by atoms with Gasteiger partial charge < -0.3 is 13.9 Å². The van der Waals surface area contributed by atoms with Crippen molar-refractivity contribution in [1.29, 1.82) is 0 Å². The summed E-state index contributed by atoms with van der Waals surface area (Å²) < 4.78 is 14.7. The zero-order valence-electron chi connectivity index (χ0n) is 11.8. The minimum absolute atomic E-state index is 0.109. The fourth-order valence-electron chi connectivity index (χ4n) is 2.10. The van der Waals surface area contributed by atoms with Crippen LogP contribution < -0.4 is 5.43 Å². The third-order valence-corrected chi connectivity index (χ3v) is 3.22. The van der Waals surface area contributed by atoms with Gasteiger partial charge in [-0.1, -0.05) is 12.1 Å². The number of para-hydroxylation sites is 1. The number of rotatable bonds is 3. The summed E-state index contributed by atoms with van der Waals surface area (Å²) in [4.78, 5) is 47.6. The Labute approximate surface area is 129 Å². The van der Waals surface area contributed by atoms with Gasteiger partial charge in [-0.2, -0.15) is 0 Å². The Balaban J connectivity index is 1.72. The molecule has 1 saturated heterocycles. The Morgan fingerprint density at radius 3 is 2.74 bits per heavy atom. The lowest BCUT2D eigenvalue weighted by Crippen LogP contribution is -2.35. The van der Waals surface area contributed by atoms with E-state index in [0.717, 1.165) is 11.0 Å². The molecule has 0 aliphatic carbocycles. The Bertz CT molecular complexity index is 854. The van der Waals surface area contributed by atoms with Crippen molar-refractivity contribution in [2.45, 2.75) is 0 Å². The van der Waals surface area contributed by atoms with Crippen LogP contribution in [0.25, 0.3) is 11.0 Å². The maximum absolute atomic E-state index is 11.9. The topological polar surface area (TPSA) is 103 Å². The number of hydrogen-bond donors (Lipinski definition) is 0. The quantitative estimate of drug-likeness (QED) is 0.776. The van der Waals surface area contributed by atoms with Crippen molar-refractivity contribution >= 4 is 28.9 Å². The van der Waals surface area contributed by atoms with Gasteiger partial charge in [0, 0.05) is 6.07 Å². The third kappa shape index (κ3) is 2.91. The molecule has 0 radical (unpaired) electrons. The third-order valence-electron chi connectivity index (χ3n) is 3.22. The lowest BCUT2D eigenvalue weighted by Gasteiger charge is -2.10. The normalized spacial score (nSPS) is 13.9. The summed E-state index contributed by atoms with van der Waals surface area (Å²) >= 11 is 0. The minimum atomic E-state index is -0.964. The Hall–Kier alpha value is -3.16. The smallest absolute Gasteiger partial charge is 0.416 e. The Morgan fingerprint density at radius 1 is 1.22 bits per heavy atom. The van der Waals surface area contributed by atoms with Gasteiger partial charge >= 0.3 is 12.1 Å². The maximum Gasteiger partial charge on any atom is 0.416 e. The molecular formula is C15H11NO7. The zero-order chi connectivity index (χ0) is 16.4. The van der Waals surface area contributed by atoms with Gasteiger partial charge in [-0.15, -0.1) is 0 Å². The molecule has 1 aromatic heterocycles. The number of amides is 2. The van der Waals surface area contributed by atoms with Gasteiger partial charge in [0.25, 0.3) is 5.91 Å². The molecule has 2 aromatic rings. The second-order valence-corrected chi connectivity index (χ2v) is 4.71. The van der Waals surface area contributed by atoms with E-state index in [2.05, 4.69) is 4.74 Å². The molecule has 0 saturated carbocycles. The molecule has 8 heteroatoms. The van der Waals surface area contributed by atoms with Crippen LogP contribution in [-0.4, -0.2) is 42.6 Å². The lowest BCUT2D eigenvalue weighted by atomic mass is 10.2. The molecule has 2 heterocycles. The fourth-order valence-corrected chi connectivity index (χ4v) is 2.10. The van der Waals surface area contributed by atoms with E-state index < -0.39 is 30.0 Å². The van der Waals surface area contributed by atoms with Gasteiger partial charge in [-0.05, 0) is 12.1 Å². The summed E-state index contributed by atoms with van der Waals surface area (Å²) in [7, 11) is 0. The van der Waals surface area contributed by atoms with Crippen molar-refractivity contribution < 1.29 is 28.3 Å². The van der Waals surface area contributed by atoms with Gasteiger partial charge in [0.15, 0.2) is 12.0 Å². The number of nitrogens with zero attached hydrogens (tertiary/aromatic N) is 1. The molecule has 1 aromatic carbocycles. The minimum Gasteiger partial charge on any atom is -0.450 e. The molecule has 2 amide bonds. The molecular weight excluding hydrogens is 306 g/mol. The first-order valence-corrected chi connectivity index (χ1v) is 6.73. The number of benzene rings is 1. The Morgan fingerprint density at radius 2 is 2.00 bits per heavy atom. The van der Waals surface area contributed by atoms with Crippen LogP contribution in [0.5, 0.6) is 0 Å². The molecule has 0 bridgehead atoms. The van der Waals surface area contributed by atoms with Crippen molar-refractivity contribution in [2.75, 3.05) is 19.8 Å².